The number of carbonyl (C=O) groups is 4. The molecular formula is C18H32N2O10. The van der Waals surface area contributed by atoms with Crippen molar-refractivity contribution in [2.45, 2.75) is 52.0 Å². The van der Waals surface area contributed by atoms with Gasteiger partial charge >= 0.3 is 11.9 Å². The third kappa shape index (κ3) is 16.7. The fourth-order valence-corrected chi connectivity index (χ4v) is 1.99. The van der Waals surface area contributed by atoms with Crippen molar-refractivity contribution in [2.75, 3.05) is 40.1 Å². The molecule has 0 saturated carbocycles. The Kier molecular flexibility index (Phi) is 16.2. The van der Waals surface area contributed by atoms with Crippen LogP contribution in [0.3, 0.4) is 0 Å². The van der Waals surface area contributed by atoms with Gasteiger partial charge in [-0.15, -0.1) is 0 Å². The standard InChI is InChI=1S/C18H32N2O10/c1-13(29-12-21)8-17(30-14(2)9-28-15(3)22)20-19-16(23)10-26-6-5-7-27-11-18(24)25-4/h12-14,17,20H,5-11H2,1-4H3,(H,19,23)/t13-,14-,17+/m0/s1. The van der Waals surface area contributed by atoms with E-state index in [1.54, 1.807) is 13.8 Å². The minimum atomic E-state index is -0.707. The molecule has 0 heterocycles. The van der Waals surface area contributed by atoms with Gasteiger partial charge in [-0.1, -0.05) is 0 Å². The summed E-state index contributed by atoms with van der Waals surface area (Å²) in [6.07, 6.45) is -0.910. The van der Waals surface area contributed by atoms with Crippen LogP contribution in [0.5, 0.6) is 0 Å². The molecule has 0 rings (SSSR count). The van der Waals surface area contributed by atoms with Crippen LogP contribution in [-0.2, 0) is 47.6 Å². The van der Waals surface area contributed by atoms with E-state index in [2.05, 4.69) is 15.6 Å². The van der Waals surface area contributed by atoms with Crippen LogP contribution in [0.1, 0.15) is 33.6 Å². The van der Waals surface area contributed by atoms with Crippen molar-refractivity contribution in [1.82, 2.24) is 10.9 Å². The predicted molar refractivity (Wildman–Crippen MR) is 102 cm³/mol. The number of esters is 2. The molecule has 0 aromatic carbocycles. The summed E-state index contributed by atoms with van der Waals surface area (Å²) in [6, 6.07) is 0. The average Bonchev–Trinajstić information content (AvgIpc) is 2.69. The number of methoxy groups -OCH3 is 1. The molecule has 0 radical (unpaired) electrons. The third-order valence-electron chi connectivity index (χ3n) is 3.38. The molecule has 0 aromatic heterocycles. The molecule has 12 heteroatoms. The normalized spacial score (nSPS) is 13.6. The quantitative estimate of drug-likeness (QED) is 0.0712. The molecule has 0 saturated heterocycles. The Bertz CT molecular complexity index is 517. The minimum Gasteiger partial charge on any atom is -0.467 e. The van der Waals surface area contributed by atoms with Gasteiger partial charge in [0, 0.05) is 26.6 Å². The highest BCUT2D eigenvalue weighted by Gasteiger charge is 2.19. The molecule has 0 unspecified atom stereocenters. The third-order valence-corrected chi connectivity index (χ3v) is 3.38. The van der Waals surface area contributed by atoms with Gasteiger partial charge in [0.15, 0.2) is 0 Å². The second-order valence-electron chi connectivity index (χ2n) is 6.24. The highest BCUT2D eigenvalue weighted by atomic mass is 16.6. The van der Waals surface area contributed by atoms with E-state index < -0.39 is 36.3 Å². The van der Waals surface area contributed by atoms with E-state index in [9.17, 15) is 19.2 Å². The Morgan fingerprint density at radius 3 is 2.30 bits per heavy atom. The second-order valence-corrected chi connectivity index (χ2v) is 6.24. The molecule has 12 nitrogen and oxygen atoms in total. The van der Waals surface area contributed by atoms with Crippen molar-refractivity contribution in [3.8, 4) is 0 Å². The number of hydrogen-bond donors (Lipinski definition) is 2. The van der Waals surface area contributed by atoms with E-state index in [0.29, 0.717) is 19.5 Å². The minimum absolute atomic E-state index is 0.0333. The van der Waals surface area contributed by atoms with Crippen LogP contribution in [0.2, 0.25) is 0 Å². The summed E-state index contributed by atoms with van der Waals surface area (Å²) in [6.45, 7) is 5.21. The lowest BCUT2D eigenvalue weighted by Crippen LogP contribution is -2.49. The van der Waals surface area contributed by atoms with Crippen molar-refractivity contribution in [3.05, 3.63) is 0 Å². The van der Waals surface area contributed by atoms with E-state index in [4.69, 9.17) is 23.7 Å². The maximum Gasteiger partial charge on any atom is 0.331 e. The number of amides is 1. The van der Waals surface area contributed by atoms with Crippen LogP contribution in [0, 0.1) is 0 Å². The SMILES string of the molecule is COC(=O)COCCCOCC(=O)NN[C@@H](C[C@H](C)OC=O)O[C@@H](C)COC(C)=O. The number of ether oxygens (including phenoxy) is 6. The molecule has 0 aliphatic rings. The first-order valence-electron chi connectivity index (χ1n) is 9.43. The van der Waals surface area contributed by atoms with Crippen LogP contribution >= 0.6 is 0 Å². The number of nitrogens with one attached hydrogen (secondary N) is 2. The van der Waals surface area contributed by atoms with Crippen molar-refractivity contribution >= 4 is 24.3 Å². The zero-order valence-corrected chi connectivity index (χ0v) is 17.8. The fourth-order valence-electron chi connectivity index (χ4n) is 1.99. The van der Waals surface area contributed by atoms with E-state index in [1.807, 2.05) is 0 Å². The fraction of sp³-hybridized carbons (Fsp3) is 0.778. The highest BCUT2D eigenvalue weighted by Crippen LogP contribution is 2.06. The van der Waals surface area contributed by atoms with E-state index in [-0.39, 0.29) is 32.8 Å². The maximum atomic E-state index is 11.9. The monoisotopic (exact) mass is 436 g/mol. The second kappa shape index (κ2) is 17.6. The van der Waals surface area contributed by atoms with Crippen molar-refractivity contribution in [1.29, 1.82) is 0 Å². The average molecular weight is 436 g/mol. The molecule has 174 valence electrons. The molecule has 3 atom stereocenters. The molecular weight excluding hydrogens is 404 g/mol. The van der Waals surface area contributed by atoms with E-state index >= 15 is 0 Å². The molecule has 0 aromatic rings. The summed E-state index contributed by atoms with van der Waals surface area (Å²) in [7, 11) is 1.27. The summed E-state index contributed by atoms with van der Waals surface area (Å²) in [5.74, 6) is -1.35. The Morgan fingerprint density at radius 2 is 1.70 bits per heavy atom. The summed E-state index contributed by atoms with van der Waals surface area (Å²) in [4.78, 5) is 44.1. The number of hydrazine groups is 1. The van der Waals surface area contributed by atoms with Crippen LogP contribution in [0.25, 0.3) is 0 Å². The number of rotatable bonds is 18. The lowest BCUT2D eigenvalue weighted by molar-refractivity contribution is -0.150. The van der Waals surface area contributed by atoms with Gasteiger partial charge in [0.1, 0.15) is 32.2 Å². The lowest BCUT2D eigenvalue weighted by atomic mass is 10.2. The van der Waals surface area contributed by atoms with Gasteiger partial charge in [-0.3, -0.25) is 19.8 Å². The summed E-state index contributed by atoms with van der Waals surface area (Å²) < 4.78 is 30.1. The highest BCUT2D eigenvalue weighted by molar-refractivity contribution is 5.76. The zero-order valence-electron chi connectivity index (χ0n) is 17.8. The Labute approximate surface area is 175 Å². The Hall–Kier alpha value is -2.28. The summed E-state index contributed by atoms with van der Waals surface area (Å²) >= 11 is 0. The van der Waals surface area contributed by atoms with Gasteiger partial charge in [0.2, 0.25) is 0 Å². The molecule has 2 N–H and O–H groups in total. The number of carbonyl (C=O) groups excluding carboxylic acids is 4. The maximum absolute atomic E-state index is 11.9. The van der Waals surface area contributed by atoms with Gasteiger partial charge < -0.3 is 28.4 Å². The number of hydrogen-bond acceptors (Lipinski definition) is 11. The van der Waals surface area contributed by atoms with Gasteiger partial charge in [-0.2, -0.15) is 0 Å². The van der Waals surface area contributed by atoms with Gasteiger partial charge in [-0.25, -0.2) is 10.2 Å². The zero-order chi connectivity index (χ0) is 22.8. The molecule has 30 heavy (non-hydrogen) atoms. The van der Waals surface area contributed by atoms with E-state index in [1.165, 1.54) is 14.0 Å². The largest absolute Gasteiger partial charge is 0.467 e. The van der Waals surface area contributed by atoms with Crippen molar-refractivity contribution < 1.29 is 47.6 Å². The Morgan fingerprint density at radius 1 is 1.03 bits per heavy atom. The van der Waals surface area contributed by atoms with Gasteiger partial charge in [0.25, 0.3) is 12.4 Å². The van der Waals surface area contributed by atoms with Crippen molar-refractivity contribution in [2.24, 2.45) is 0 Å². The van der Waals surface area contributed by atoms with Crippen LogP contribution in [-0.4, -0.2) is 82.9 Å². The first-order valence-corrected chi connectivity index (χ1v) is 9.43. The first-order chi connectivity index (χ1) is 14.3. The van der Waals surface area contributed by atoms with Crippen LogP contribution < -0.4 is 10.9 Å². The summed E-state index contributed by atoms with van der Waals surface area (Å²) in [5, 5.41) is 0. The van der Waals surface area contributed by atoms with Gasteiger partial charge in [0.05, 0.1) is 13.2 Å². The molecule has 0 bridgehead atoms. The lowest BCUT2D eigenvalue weighted by Gasteiger charge is -2.25. The molecule has 0 aliphatic carbocycles. The van der Waals surface area contributed by atoms with Crippen LogP contribution in [0.4, 0.5) is 0 Å². The van der Waals surface area contributed by atoms with Gasteiger partial charge in [-0.05, 0) is 20.3 Å². The van der Waals surface area contributed by atoms with Crippen molar-refractivity contribution in [3.63, 3.8) is 0 Å². The predicted octanol–water partition coefficient (Wildman–Crippen LogP) is -0.551. The van der Waals surface area contributed by atoms with E-state index in [0.717, 1.165) is 0 Å². The smallest absolute Gasteiger partial charge is 0.331 e. The summed E-state index contributed by atoms with van der Waals surface area (Å²) in [5.41, 5.74) is 5.14. The topological polar surface area (TPSA) is 148 Å². The Balaban J connectivity index is 4.17. The van der Waals surface area contributed by atoms with Crippen LogP contribution in [0.15, 0.2) is 0 Å². The molecule has 0 spiro atoms. The molecule has 1 amide bonds. The first kappa shape index (κ1) is 27.7. The molecule has 0 aliphatic heterocycles. The molecule has 0 fully saturated rings.